The minimum Gasteiger partial charge on any atom is -0.457 e. The molecule has 36 heavy (non-hydrogen) atoms. The Bertz CT molecular complexity index is 1230. The van der Waals surface area contributed by atoms with Crippen molar-refractivity contribution in [2.75, 3.05) is 25.0 Å². The Labute approximate surface area is 210 Å². The number of aliphatic hydroxyl groups excluding tert-OH is 1. The summed E-state index contributed by atoms with van der Waals surface area (Å²) in [5, 5.41) is 18.3. The van der Waals surface area contributed by atoms with E-state index in [9.17, 15) is 23.1 Å². The number of rotatable bonds is 8. The maximum Gasteiger partial charge on any atom is 0.417 e. The number of ether oxygens (including phenoxy) is 1. The van der Waals surface area contributed by atoms with Crippen molar-refractivity contribution < 1.29 is 27.8 Å². The van der Waals surface area contributed by atoms with E-state index in [-0.39, 0.29) is 18.7 Å². The van der Waals surface area contributed by atoms with Crippen LogP contribution in [0.2, 0.25) is 5.02 Å². The van der Waals surface area contributed by atoms with Gasteiger partial charge in [0.05, 0.1) is 22.9 Å². The van der Waals surface area contributed by atoms with Gasteiger partial charge in [0.1, 0.15) is 17.2 Å². The number of amides is 1. The molecule has 1 aromatic heterocycles. The van der Waals surface area contributed by atoms with Crippen LogP contribution in [0.1, 0.15) is 23.2 Å². The van der Waals surface area contributed by atoms with Gasteiger partial charge in [0, 0.05) is 37.5 Å². The molecule has 4 rings (SSSR count). The van der Waals surface area contributed by atoms with Crippen molar-refractivity contribution in [3.05, 3.63) is 82.6 Å². The van der Waals surface area contributed by atoms with Crippen molar-refractivity contribution >= 4 is 23.2 Å². The first kappa shape index (κ1) is 25.9. The van der Waals surface area contributed by atoms with Gasteiger partial charge in [-0.05, 0) is 48.4 Å². The number of halogens is 4. The number of alkyl halides is 3. The van der Waals surface area contributed by atoms with Gasteiger partial charge in [-0.2, -0.15) is 13.2 Å². The summed E-state index contributed by atoms with van der Waals surface area (Å²) < 4.78 is 45.1. The SMILES string of the molecule is O=C(CCc1cccc(Oc2ccnc(C3(CO)NCCN3)c2)c1)Nc1ccc(Cl)c(C(F)(F)F)c1. The molecular formula is C25H24ClF3N4O3. The molecule has 1 fully saturated rings. The second kappa shape index (κ2) is 10.8. The second-order valence-corrected chi connectivity index (χ2v) is 8.69. The van der Waals surface area contributed by atoms with Crippen molar-refractivity contribution in [3.63, 3.8) is 0 Å². The molecule has 7 nitrogen and oxygen atoms in total. The third-order valence-electron chi connectivity index (χ3n) is 5.71. The number of nitrogens with one attached hydrogen (secondary N) is 3. The average molecular weight is 521 g/mol. The highest BCUT2D eigenvalue weighted by Gasteiger charge is 2.36. The third kappa shape index (κ3) is 6.14. The molecule has 1 saturated heterocycles. The first-order valence-electron chi connectivity index (χ1n) is 11.2. The van der Waals surface area contributed by atoms with Gasteiger partial charge in [0.2, 0.25) is 5.91 Å². The van der Waals surface area contributed by atoms with Crippen molar-refractivity contribution in [1.82, 2.24) is 15.6 Å². The van der Waals surface area contributed by atoms with Gasteiger partial charge in [0.25, 0.3) is 0 Å². The minimum absolute atomic E-state index is 0.0224. The monoisotopic (exact) mass is 520 g/mol. The zero-order valence-corrected chi connectivity index (χ0v) is 19.8. The molecule has 0 spiro atoms. The van der Waals surface area contributed by atoms with E-state index in [0.717, 1.165) is 17.7 Å². The zero-order chi connectivity index (χ0) is 25.8. The molecule has 0 radical (unpaired) electrons. The average Bonchev–Trinajstić information content (AvgIpc) is 3.34. The van der Waals surface area contributed by atoms with E-state index in [4.69, 9.17) is 16.3 Å². The maximum atomic E-state index is 13.0. The lowest BCUT2D eigenvalue weighted by Gasteiger charge is -2.27. The zero-order valence-electron chi connectivity index (χ0n) is 19.0. The number of carbonyl (C=O) groups is 1. The number of aryl methyl sites for hydroxylation is 1. The summed E-state index contributed by atoms with van der Waals surface area (Å²) in [5.74, 6) is 0.644. The van der Waals surface area contributed by atoms with E-state index in [0.29, 0.717) is 36.7 Å². The Morgan fingerprint density at radius 3 is 2.58 bits per heavy atom. The van der Waals surface area contributed by atoms with Gasteiger partial charge in [-0.15, -0.1) is 0 Å². The summed E-state index contributed by atoms with van der Waals surface area (Å²) in [5.41, 5.74) is -0.386. The molecule has 1 aliphatic rings. The molecule has 0 bridgehead atoms. The van der Waals surface area contributed by atoms with Crippen molar-refractivity contribution in [2.24, 2.45) is 0 Å². The molecule has 2 heterocycles. The van der Waals surface area contributed by atoms with Crippen molar-refractivity contribution in [1.29, 1.82) is 0 Å². The Kier molecular flexibility index (Phi) is 7.79. The number of hydrogen-bond donors (Lipinski definition) is 4. The molecule has 0 aliphatic carbocycles. The van der Waals surface area contributed by atoms with Gasteiger partial charge in [0.15, 0.2) is 0 Å². The van der Waals surface area contributed by atoms with Crippen LogP contribution >= 0.6 is 11.6 Å². The number of carbonyl (C=O) groups excluding carboxylic acids is 1. The lowest BCUT2D eigenvalue weighted by Crippen LogP contribution is -2.49. The normalized spacial score (nSPS) is 15.0. The lowest BCUT2D eigenvalue weighted by atomic mass is 10.1. The van der Waals surface area contributed by atoms with Gasteiger partial charge >= 0.3 is 6.18 Å². The molecule has 0 saturated carbocycles. The van der Waals surface area contributed by atoms with Crippen LogP contribution in [0.4, 0.5) is 18.9 Å². The van der Waals surface area contributed by atoms with E-state index in [1.807, 2.05) is 6.07 Å². The van der Waals surface area contributed by atoms with Crippen LogP contribution in [0, 0.1) is 0 Å². The Morgan fingerprint density at radius 2 is 1.86 bits per heavy atom. The molecule has 0 unspecified atom stereocenters. The van der Waals surface area contributed by atoms with Crippen molar-refractivity contribution in [2.45, 2.75) is 24.7 Å². The number of aromatic nitrogens is 1. The third-order valence-corrected chi connectivity index (χ3v) is 6.04. The molecular weight excluding hydrogens is 497 g/mol. The Balaban J connectivity index is 1.38. The van der Waals surface area contributed by atoms with Crippen LogP contribution in [-0.2, 0) is 23.1 Å². The predicted octanol–water partition coefficient (Wildman–Crippen LogP) is 4.46. The predicted molar refractivity (Wildman–Crippen MR) is 129 cm³/mol. The number of anilines is 1. The van der Waals surface area contributed by atoms with Crippen LogP contribution in [0.5, 0.6) is 11.5 Å². The lowest BCUT2D eigenvalue weighted by molar-refractivity contribution is -0.137. The fourth-order valence-corrected chi connectivity index (χ4v) is 4.12. The number of nitrogens with zero attached hydrogens (tertiary/aromatic N) is 1. The number of aliphatic hydroxyl groups is 1. The van der Waals surface area contributed by atoms with E-state index in [1.165, 1.54) is 6.07 Å². The summed E-state index contributed by atoms with van der Waals surface area (Å²) in [4.78, 5) is 16.7. The molecule has 3 aromatic rings. The number of hydrogen-bond acceptors (Lipinski definition) is 6. The van der Waals surface area contributed by atoms with Gasteiger partial charge < -0.3 is 15.2 Å². The van der Waals surface area contributed by atoms with Gasteiger partial charge in [-0.25, -0.2) is 0 Å². The first-order valence-corrected chi connectivity index (χ1v) is 11.6. The van der Waals surface area contributed by atoms with Crippen LogP contribution in [-0.4, -0.2) is 35.7 Å². The quantitative estimate of drug-likeness (QED) is 0.350. The standard InChI is InChI=1S/C25H24ClF3N4O3/c26-21-6-5-17(13-20(21)25(27,28)29)33-23(35)7-4-16-2-1-3-18(12-16)36-19-8-9-30-22(14-19)24(15-34)31-10-11-32-24/h1-3,5-6,8-9,12-14,31-32,34H,4,7,10-11,15H2,(H,33,35). The van der Waals surface area contributed by atoms with Gasteiger partial charge in [-0.3, -0.25) is 20.4 Å². The first-order chi connectivity index (χ1) is 17.2. The minimum atomic E-state index is -4.61. The second-order valence-electron chi connectivity index (χ2n) is 8.28. The van der Waals surface area contributed by atoms with E-state index >= 15 is 0 Å². The molecule has 1 amide bonds. The summed E-state index contributed by atoms with van der Waals surface area (Å²) in [6, 6.07) is 13.8. The highest BCUT2D eigenvalue weighted by molar-refractivity contribution is 6.31. The molecule has 0 atom stereocenters. The summed E-state index contributed by atoms with van der Waals surface area (Å²) in [6.07, 6.45) is -2.61. The summed E-state index contributed by atoms with van der Waals surface area (Å²) >= 11 is 5.62. The highest BCUT2D eigenvalue weighted by atomic mass is 35.5. The maximum absolute atomic E-state index is 13.0. The highest BCUT2D eigenvalue weighted by Crippen LogP contribution is 2.36. The topological polar surface area (TPSA) is 95.5 Å². The molecule has 1 aliphatic heterocycles. The smallest absolute Gasteiger partial charge is 0.417 e. The Morgan fingerprint density at radius 1 is 1.11 bits per heavy atom. The number of pyridine rings is 1. The summed E-state index contributed by atoms with van der Waals surface area (Å²) in [6.45, 7) is 1.23. The summed E-state index contributed by atoms with van der Waals surface area (Å²) in [7, 11) is 0. The van der Waals surface area contributed by atoms with Crippen molar-refractivity contribution in [3.8, 4) is 11.5 Å². The Hall–Kier alpha value is -3.18. The fourth-order valence-electron chi connectivity index (χ4n) is 3.90. The van der Waals surface area contributed by atoms with Crippen LogP contribution < -0.4 is 20.7 Å². The van der Waals surface area contributed by atoms with Crippen LogP contribution in [0.15, 0.2) is 60.8 Å². The molecule has 11 heteroatoms. The largest absolute Gasteiger partial charge is 0.457 e. The fraction of sp³-hybridized carbons (Fsp3) is 0.280. The molecule has 190 valence electrons. The number of benzene rings is 2. The van der Waals surface area contributed by atoms with E-state index in [1.54, 1.807) is 36.5 Å². The van der Waals surface area contributed by atoms with Crippen LogP contribution in [0.25, 0.3) is 0 Å². The van der Waals surface area contributed by atoms with Gasteiger partial charge in [-0.1, -0.05) is 23.7 Å². The van der Waals surface area contributed by atoms with E-state index in [2.05, 4.69) is 20.9 Å². The van der Waals surface area contributed by atoms with Crippen LogP contribution in [0.3, 0.4) is 0 Å². The molecule has 2 aromatic carbocycles. The van der Waals surface area contributed by atoms with E-state index < -0.39 is 28.3 Å². The molecule has 4 N–H and O–H groups in total.